The second-order valence-electron chi connectivity index (χ2n) is 3.75. The van der Waals surface area contributed by atoms with E-state index in [-0.39, 0.29) is 23.5 Å². The fourth-order valence-corrected chi connectivity index (χ4v) is 2.05. The second-order valence-corrected chi connectivity index (χ2v) is 4.11. The van der Waals surface area contributed by atoms with Crippen molar-refractivity contribution in [3.63, 3.8) is 0 Å². The molecule has 4 N–H and O–H groups in total. The van der Waals surface area contributed by atoms with Crippen LogP contribution in [0.25, 0.3) is 0 Å². The lowest BCUT2D eigenvalue weighted by molar-refractivity contribution is -0.117. The average molecular weight is 239 g/mol. The van der Waals surface area contributed by atoms with E-state index < -0.39 is 0 Å². The number of nitrogen functional groups attached to an aromatic ring is 2. The summed E-state index contributed by atoms with van der Waals surface area (Å²) in [5.41, 5.74) is 11.8. The molecule has 7 heteroatoms. The molecule has 0 saturated carbocycles. The molecule has 1 aromatic heterocycles. The van der Waals surface area contributed by atoms with Gasteiger partial charge in [0.15, 0.2) is 11.6 Å². The van der Waals surface area contributed by atoms with Gasteiger partial charge in [-0.3, -0.25) is 4.79 Å². The molecular weight excluding hydrogens is 226 g/mol. The molecule has 0 spiro atoms. The number of aromatic nitrogens is 2. The summed E-state index contributed by atoms with van der Waals surface area (Å²) in [5.74, 6) is 1.36. The van der Waals surface area contributed by atoms with Crippen LogP contribution >= 0.6 is 12.6 Å². The van der Waals surface area contributed by atoms with E-state index in [0.717, 1.165) is 0 Å². The molecular formula is C9H13N5OS. The molecule has 86 valence electrons. The minimum Gasteiger partial charge on any atom is -0.382 e. The second kappa shape index (κ2) is 4.17. The van der Waals surface area contributed by atoms with Crippen LogP contribution in [0.4, 0.5) is 17.3 Å². The van der Waals surface area contributed by atoms with Crippen molar-refractivity contribution in [1.29, 1.82) is 0 Å². The van der Waals surface area contributed by atoms with Gasteiger partial charge in [-0.05, 0) is 11.7 Å². The van der Waals surface area contributed by atoms with Crippen molar-refractivity contribution < 1.29 is 4.79 Å². The van der Waals surface area contributed by atoms with Crippen LogP contribution < -0.4 is 16.4 Å². The van der Waals surface area contributed by atoms with Gasteiger partial charge in [0.1, 0.15) is 12.0 Å². The fourth-order valence-electron chi connectivity index (χ4n) is 1.80. The number of nitrogens with zero attached hydrogens (tertiary/aromatic N) is 3. The van der Waals surface area contributed by atoms with Crippen LogP contribution in [0.2, 0.25) is 0 Å². The van der Waals surface area contributed by atoms with Gasteiger partial charge in [-0.1, -0.05) is 0 Å². The van der Waals surface area contributed by atoms with E-state index in [1.54, 1.807) is 4.90 Å². The van der Waals surface area contributed by atoms with E-state index in [1.807, 2.05) is 0 Å². The summed E-state index contributed by atoms with van der Waals surface area (Å²) in [7, 11) is 0. The number of hydrogen-bond acceptors (Lipinski definition) is 6. The van der Waals surface area contributed by atoms with Crippen LogP contribution in [-0.2, 0) is 4.79 Å². The first kappa shape index (κ1) is 11.0. The Morgan fingerprint density at radius 2 is 2.06 bits per heavy atom. The van der Waals surface area contributed by atoms with Crippen LogP contribution in [0.5, 0.6) is 0 Å². The maximum atomic E-state index is 11.8. The number of hydrogen-bond donors (Lipinski definition) is 3. The highest BCUT2D eigenvalue weighted by Crippen LogP contribution is 2.32. The lowest BCUT2D eigenvalue weighted by Gasteiger charge is -2.18. The predicted molar refractivity (Wildman–Crippen MR) is 65.2 cm³/mol. The summed E-state index contributed by atoms with van der Waals surface area (Å²) >= 11 is 4.19. The molecule has 1 atom stereocenters. The summed E-state index contributed by atoms with van der Waals surface area (Å²) in [5, 5.41) is 0. The van der Waals surface area contributed by atoms with E-state index in [4.69, 9.17) is 11.5 Å². The normalized spacial score (nSPS) is 20.4. The fraction of sp³-hybridized carbons (Fsp3) is 0.444. The molecule has 1 unspecified atom stereocenters. The number of anilines is 3. The zero-order valence-corrected chi connectivity index (χ0v) is 9.52. The molecule has 1 saturated heterocycles. The van der Waals surface area contributed by atoms with Gasteiger partial charge in [0, 0.05) is 13.0 Å². The SMILES string of the molecule is Nc1ncnc(N)c1N1CC(CS)CC1=O. The lowest BCUT2D eigenvalue weighted by Crippen LogP contribution is -2.27. The minimum atomic E-state index is -0.00718. The first-order valence-corrected chi connectivity index (χ1v) is 5.54. The quantitative estimate of drug-likeness (QED) is 0.627. The standard InChI is InChI=1S/C9H13N5OS/c10-8-7(9(11)13-4-12-8)14-2-5(3-16)1-6(14)15/h4-5,16H,1-3H2,(H4,10,11,12,13). The third kappa shape index (κ3) is 1.78. The van der Waals surface area contributed by atoms with Gasteiger partial charge in [0.05, 0.1) is 0 Å². The largest absolute Gasteiger partial charge is 0.382 e. The molecule has 1 aromatic rings. The highest BCUT2D eigenvalue weighted by atomic mass is 32.1. The molecule has 16 heavy (non-hydrogen) atoms. The zero-order valence-electron chi connectivity index (χ0n) is 8.63. The molecule has 2 heterocycles. The number of carbonyl (C=O) groups excluding carboxylic acids is 1. The third-order valence-corrected chi connectivity index (χ3v) is 3.13. The third-order valence-electron chi connectivity index (χ3n) is 2.61. The van der Waals surface area contributed by atoms with E-state index >= 15 is 0 Å². The summed E-state index contributed by atoms with van der Waals surface area (Å²) < 4.78 is 0. The smallest absolute Gasteiger partial charge is 0.227 e. The predicted octanol–water partition coefficient (Wildman–Crippen LogP) is -0.0763. The molecule has 1 aliphatic rings. The highest BCUT2D eigenvalue weighted by molar-refractivity contribution is 7.80. The monoisotopic (exact) mass is 239 g/mol. The Labute approximate surface area is 98.4 Å². The van der Waals surface area contributed by atoms with Crippen molar-refractivity contribution >= 4 is 35.9 Å². The van der Waals surface area contributed by atoms with Crippen LogP contribution in [0.1, 0.15) is 6.42 Å². The van der Waals surface area contributed by atoms with Crippen molar-refractivity contribution in [2.45, 2.75) is 6.42 Å². The van der Waals surface area contributed by atoms with Crippen molar-refractivity contribution in [2.24, 2.45) is 5.92 Å². The Balaban J connectivity index is 2.35. The van der Waals surface area contributed by atoms with Crippen LogP contribution in [0.15, 0.2) is 6.33 Å². The highest BCUT2D eigenvalue weighted by Gasteiger charge is 2.32. The summed E-state index contributed by atoms with van der Waals surface area (Å²) in [6.45, 7) is 0.574. The molecule has 1 aliphatic heterocycles. The lowest BCUT2D eigenvalue weighted by atomic mass is 10.1. The maximum absolute atomic E-state index is 11.8. The zero-order chi connectivity index (χ0) is 11.7. The number of carbonyl (C=O) groups is 1. The molecule has 6 nitrogen and oxygen atoms in total. The summed E-state index contributed by atoms with van der Waals surface area (Å²) in [6.07, 6.45) is 1.75. The van der Waals surface area contributed by atoms with Gasteiger partial charge < -0.3 is 16.4 Å². The van der Waals surface area contributed by atoms with E-state index in [9.17, 15) is 4.79 Å². The minimum absolute atomic E-state index is 0.00718. The van der Waals surface area contributed by atoms with Crippen molar-refractivity contribution in [3.05, 3.63) is 6.33 Å². The van der Waals surface area contributed by atoms with Gasteiger partial charge in [0.2, 0.25) is 5.91 Å². The molecule has 0 radical (unpaired) electrons. The molecule has 1 fully saturated rings. The topological polar surface area (TPSA) is 98.1 Å². The van der Waals surface area contributed by atoms with Gasteiger partial charge >= 0.3 is 0 Å². The molecule has 2 rings (SSSR count). The van der Waals surface area contributed by atoms with E-state index in [2.05, 4.69) is 22.6 Å². The summed E-state index contributed by atoms with van der Waals surface area (Å²) in [4.78, 5) is 21.0. The van der Waals surface area contributed by atoms with Gasteiger partial charge in [-0.2, -0.15) is 12.6 Å². The van der Waals surface area contributed by atoms with Crippen molar-refractivity contribution in [2.75, 3.05) is 28.7 Å². The van der Waals surface area contributed by atoms with Crippen molar-refractivity contribution in [1.82, 2.24) is 9.97 Å². The van der Waals surface area contributed by atoms with Gasteiger partial charge in [0.25, 0.3) is 0 Å². The molecule has 0 aliphatic carbocycles. The Morgan fingerprint density at radius 1 is 1.44 bits per heavy atom. The van der Waals surface area contributed by atoms with Crippen LogP contribution in [0, 0.1) is 5.92 Å². The number of amides is 1. The Kier molecular flexibility index (Phi) is 2.86. The van der Waals surface area contributed by atoms with Gasteiger partial charge in [-0.15, -0.1) is 0 Å². The van der Waals surface area contributed by atoms with E-state index in [1.165, 1.54) is 6.33 Å². The Bertz CT molecular complexity index is 404. The molecule has 0 bridgehead atoms. The van der Waals surface area contributed by atoms with E-state index in [0.29, 0.717) is 24.4 Å². The Hall–Kier alpha value is -1.50. The van der Waals surface area contributed by atoms with Gasteiger partial charge in [-0.25, -0.2) is 9.97 Å². The average Bonchev–Trinajstić information content (AvgIpc) is 2.60. The molecule has 1 amide bonds. The number of nitrogens with two attached hydrogens (primary N) is 2. The molecule has 0 aromatic carbocycles. The van der Waals surface area contributed by atoms with Crippen molar-refractivity contribution in [3.8, 4) is 0 Å². The summed E-state index contributed by atoms with van der Waals surface area (Å²) in [6, 6.07) is 0. The number of thiol groups is 1. The Morgan fingerprint density at radius 3 is 2.56 bits per heavy atom. The van der Waals surface area contributed by atoms with Crippen LogP contribution in [-0.4, -0.2) is 28.2 Å². The maximum Gasteiger partial charge on any atom is 0.227 e. The number of rotatable bonds is 2. The first-order chi connectivity index (χ1) is 7.63. The van der Waals surface area contributed by atoms with Crippen LogP contribution in [0.3, 0.4) is 0 Å². The first-order valence-electron chi connectivity index (χ1n) is 4.90.